The molecular formula is C24H28F3N9O. The fourth-order valence-corrected chi connectivity index (χ4v) is 5.25. The van der Waals surface area contributed by atoms with E-state index in [-0.39, 0.29) is 17.3 Å². The molecule has 0 aromatic carbocycles. The SMILES string of the molecule is Cc1nc2ccc(-c3ccn4nc(N[C@@H]5CCN(C6(C)COC6)C[C@@H]5F)nc(N)c34)nc2n1CC(F)F. The maximum atomic E-state index is 15.1. The highest BCUT2D eigenvalue weighted by Crippen LogP contribution is 2.31. The second-order valence-electron chi connectivity index (χ2n) is 10.0. The van der Waals surface area contributed by atoms with E-state index in [1.165, 1.54) is 4.57 Å². The Labute approximate surface area is 210 Å². The molecule has 2 atom stereocenters. The minimum absolute atomic E-state index is 0.0937. The minimum atomic E-state index is -2.53. The van der Waals surface area contributed by atoms with Crippen LogP contribution >= 0.6 is 0 Å². The molecule has 0 amide bonds. The number of nitrogens with two attached hydrogens (primary N) is 1. The van der Waals surface area contributed by atoms with Crippen LogP contribution in [0.15, 0.2) is 24.4 Å². The van der Waals surface area contributed by atoms with E-state index in [1.807, 2.05) is 0 Å². The second kappa shape index (κ2) is 8.84. The Morgan fingerprint density at radius 2 is 2.03 bits per heavy atom. The number of anilines is 2. The topological polar surface area (TPSA) is 111 Å². The molecule has 2 fully saturated rings. The zero-order valence-electron chi connectivity index (χ0n) is 20.5. The molecule has 2 saturated heterocycles. The molecule has 4 aromatic heterocycles. The van der Waals surface area contributed by atoms with E-state index in [2.05, 4.69) is 37.2 Å². The number of nitrogen functional groups attached to an aromatic ring is 1. The van der Waals surface area contributed by atoms with Crippen molar-refractivity contribution in [1.29, 1.82) is 0 Å². The predicted molar refractivity (Wildman–Crippen MR) is 132 cm³/mol. The van der Waals surface area contributed by atoms with Gasteiger partial charge in [-0.3, -0.25) is 4.90 Å². The predicted octanol–water partition coefficient (Wildman–Crippen LogP) is 2.91. The van der Waals surface area contributed by atoms with Gasteiger partial charge in [0.2, 0.25) is 5.95 Å². The molecule has 0 unspecified atom stereocenters. The molecule has 0 saturated carbocycles. The standard InChI is InChI=1S/C24H28F3N9O/c1-13-29-18-4-3-16(30-22(18)35(13)10-19(26)27)14-5-8-36-20(14)21(28)32-23(33-36)31-17-6-7-34(9-15(17)25)24(2)11-37-12-24/h3-5,8,15,17,19H,6-7,9-12H2,1-2H3,(H3,28,31,32,33)/t15-,17+/m0/s1. The smallest absolute Gasteiger partial charge is 0.256 e. The van der Waals surface area contributed by atoms with Gasteiger partial charge in [-0.1, -0.05) is 0 Å². The van der Waals surface area contributed by atoms with E-state index in [0.717, 1.165) is 6.54 Å². The van der Waals surface area contributed by atoms with Crippen molar-refractivity contribution >= 4 is 28.4 Å². The molecule has 37 heavy (non-hydrogen) atoms. The van der Waals surface area contributed by atoms with Gasteiger partial charge in [0.05, 0.1) is 37.0 Å². The average molecular weight is 516 g/mol. The normalized spacial score (nSPS) is 22.1. The number of pyridine rings is 1. The van der Waals surface area contributed by atoms with Gasteiger partial charge >= 0.3 is 0 Å². The molecule has 0 bridgehead atoms. The largest absolute Gasteiger partial charge is 0.382 e. The van der Waals surface area contributed by atoms with Gasteiger partial charge in [0, 0.05) is 24.8 Å². The maximum absolute atomic E-state index is 15.1. The number of hydrogen-bond donors (Lipinski definition) is 2. The lowest BCUT2D eigenvalue weighted by molar-refractivity contribution is -0.142. The molecule has 3 N–H and O–H groups in total. The van der Waals surface area contributed by atoms with Crippen molar-refractivity contribution in [1.82, 2.24) is 34.0 Å². The first-order valence-corrected chi connectivity index (χ1v) is 12.2. The Hall–Kier alpha value is -3.45. The summed E-state index contributed by atoms with van der Waals surface area (Å²) in [6.07, 6.45) is -1.30. The quantitative estimate of drug-likeness (QED) is 0.403. The lowest BCUT2D eigenvalue weighted by Gasteiger charge is -2.50. The van der Waals surface area contributed by atoms with Crippen molar-refractivity contribution < 1.29 is 17.9 Å². The summed E-state index contributed by atoms with van der Waals surface area (Å²) >= 11 is 0. The number of alkyl halides is 3. The molecule has 0 aliphatic carbocycles. The summed E-state index contributed by atoms with van der Waals surface area (Å²) in [4.78, 5) is 15.5. The number of halogens is 3. The highest BCUT2D eigenvalue weighted by molar-refractivity contribution is 5.88. The molecule has 13 heteroatoms. The van der Waals surface area contributed by atoms with E-state index in [1.54, 1.807) is 35.8 Å². The molecule has 4 aromatic rings. The summed E-state index contributed by atoms with van der Waals surface area (Å²) in [5, 5.41) is 7.62. The van der Waals surface area contributed by atoms with Crippen LogP contribution in [0, 0.1) is 6.92 Å². The van der Waals surface area contributed by atoms with Crippen molar-refractivity contribution in [3.63, 3.8) is 0 Å². The van der Waals surface area contributed by atoms with Gasteiger partial charge in [0.15, 0.2) is 11.5 Å². The Morgan fingerprint density at radius 3 is 2.73 bits per heavy atom. The molecular weight excluding hydrogens is 487 g/mol. The molecule has 196 valence electrons. The van der Waals surface area contributed by atoms with E-state index >= 15 is 4.39 Å². The van der Waals surface area contributed by atoms with Gasteiger partial charge in [0.25, 0.3) is 6.43 Å². The van der Waals surface area contributed by atoms with Crippen LogP contribution in [0.1, 0.15) is 19.2 Å². The lowest BCUT2D eigenvalue weighted by Crippen LogP contribution is -2.64. The van der Waals surface area contributed by atoms with Crippen molar-refractivity contribution in [2.45, 2.75) is 51.0 Å². The van der Waals surface area contributed by atoms with E-state index in [9.17, 15) is 8.78 Å². The molecule has 10 nitrogen and oxygen atoms in total. The summed E-state index contributed by atoms with van der Waals surface area (Å²) < 4.78 is 49.6. The minimum Gasteiger partial charge on any atom is -0.382 e. The van der Waals surface area contributed by atoms with Gasteiger partial charge in [-0.25, -0.2) is 27.7 Å². The van der Waals surface area contributed by atoms with Crippen molar-refractivity contribution in [2.24, 2.45) is 0 Å². The summed E-state index contributed by atoms with van der Waals surface area (Å²) in [6, 6.07) is 4.86. The number of nitrogens with one attached hydrogen (secondary N) is 1. The number of aryl methyl sites for hydroxylation is 1. The summed E-state index contributed by atoms with van der Waals surface area (Å²) in [7, 11) is 0. The van der Waals surface area contributed by atoms with Crippen molar-refractivity contribution in [3.05, 3.63) is 30.2 Å². The molecule has 6 heterocycles. The Kier molecular flexibility index (Phi) is 5.71. The van der Waals surface area contributed by atoms with Crippen LogP contribution in [-0.4, -0.2) is 84.5 Å². The van der Waals surface area contributed by atoms with Gasteiger partial charge in [-0.05, 0) is 38.5 Å². The number of aromatic nitrogens is 6. The first-order valence-electron chi connectivity index (χ1n) is 12.2. The van der Waals surface area contributed by atoms with Crippen LogP contribution in [0.2, 0.25) is 0 Å². The fraction of sp³-hybridized carbons (Fsp3) is 0.500. The highest BCUT2D eigenvalue weighted by atomic mass is 19.3. The van der Waals surface area contributed by atoms with Crippen molar-refractivity contribution in [2.75, 3.05) is 37.4 Å². The van der Waals surface area contributed by atoms with E-state index in [0.29, 0.717) is 59.9 Å². The fourth-order valence-electron chi connectivity index (χ4n) is 5.25. The zero-order valence-corrected chi connectivity index (χ0v) is 20.5. The van der Waals surface area contributed by atoms with Crippen LogP contribution in [0.3, 0.4) is 0 Å². The van der Waals surface area contributed by atoms with Gasteiger partial charge in [-0.15, -0.1) is 5.10 Å². The van der Waals surface area contributed by atoms with Crippen LogP contribution < -0.4 is 11.1 Å². The third-order valence-corrected chi connectivity index (χ3v) is 7.36. The van der Waals surface area contributed by atoms with Gasteiger partial charge in [-0.2, -0.15) is 4.98 Å². The summed E-state index contributed by atoms with van der Waals surface area (Å²) in [5.41, 5.74) is 8.85. The van der Waals surface area contributed by atoms with Crippen LogP contribution in [-0.2, 0) is 11.3 Å². The zero-order chi connectivity index (χ0) is 25.9. The first kappa shape index (κ1) is 23.9. The number of rotatable bonds is 6. The number of ether oxygens (including phenoxy) is 1. The number of hydrogen-bond acceptors (Lipinski definition) is 8. The maximum Gasteiger partial charge on any atom is 0.256 e. The van der Waals surface area contributed by atoms with Gasteiger partial charge in [0.1, 0.15) is 23.0 Å². The number of imidazole rings is 1. The molecule has 6 rings (SSSR count). The van der Waals surface area contributed by atoms with E-state index < -0.39 is 25.2 Å². The number of nitrogens with zero attached hydrogens (tertiary/aromatic N) is 7. The summed E-state index contributed by atoms with van der Waals surface area (Å²) in [5.74, 6) is 0.900. The Balaban J connectivity index is 1.26. The Morgan fingerprint density at radius 1 is 1.22 bits per heavy atom. The van der Waals surface area contributed by atoms with Gasteiger partial charge < -0.3 is 20.4 Å². The van der Waals surface area contributed by atoms with Crippen molar-refractivity contribution in [3.8, 4) is 11.3 Å². The second-order valence-corrected chi connectivity index (χ2v) is 10.0. The molecule has 0 spiro atoms. The molecule has 2 aliphatic heterocycles. The summed E-state index contributed by atoms with van der Waals surface area (Å²) in [6.45, 7) is 5.60. The molecule has 2 aliphatic rings. The van der Waals surface area contributed by atoms with Crippen LogP contribution in [0.4, 0.5) is 24.9 Å². The Bertz CT molecular complexity index is 1460. The number of likely N-dealkylation sites (tertiary alicyclic amines) is 1. The van der Waals surface area contributed by atoms with E-state index in [4.69, 9.17) is 10.5 Å². The molecule has 0 radical (unpaired) electrons. The lowest BCUT2D eigenvalue weighted by atomic mass is 9.92. The third kappa shape index (κ3) is 4.15. The average Bonchev–Trinajstić information content (AvgIpc) is 3.39. The third-order valence-electron chi connectivity index (χ3n) is 7.36. The number of piperidine rings is 1. The monoisotopic (exact) mass is 515 g/mol. The van der Waals surface area contributed by atoms with Crippen LogP contribution in [0.25, 0.3) is 27.9 Å². The van der Waals surface area contributed by atoms with Crippen LogP contribution in [0.5, 0.6) is 0 Å². The first-order chi connectivity index (χ1) is 17.7. The number of fused-ring (bicyclic) bond motifs is 2. The highest BCUT2D eigenvalue weighted by Gasteiger charge is 2.43.